The van der Waals surface area contributed by atoms with Crippen LogP contribution in [0.1, 0.15) is 30.9 Å². The zero-order chi connectivity index (χ0) is 22.5. The number of unbranched alkanes of at least 4 members (excludes halogenated alkanes) is 2. The van der Waals surface area contributed by atoms with Crippen LogP contribution < -0.4 is 9.88 Å². The number of hydrogen-bond acceptors (Lipinski definition) is 8. The van der Waals surface area contributed by atoms with Gasteiger partial charge in [-0.3, -0.25) is 4.90 Å². The number of fused-ring (bicyclic) bond motifs is 1. The average Bonchev–Trinajstić information content (AvgIpc) is 3.45. The number of imidazole rings is 1. The second-order valence-corrected chi connectivity index (χ2v) is 10.4. The number of nitrogens with one attached hydrogen (secondary N) is 1. The molecule has 0 spiro atoms. The van der Waals surface area contributed by atoms with Crippen molar-refractivity contribution in [2.24, 2.45) is 7.05 Å². The van der Waals surface area contributed by atoms with Gasteiger partial charge in [-0.05, 0) is 19.8 Å². The minimum absolute atomic E-state index is 0.0152. The Morgan fingerprint density at radius 2 is 1.94 bits per heavy atom. The van der Waals surface area contributed by atoms with Gasteiger partial charge >= 0.3 is 12.1 Å². The zero-order valence-corrected chi connectivity index (χ0v) is 19.9. The van der Waals surface area contributed by atoms with Crippen LogP contribution in [0, 0.1) is 6.92 Å². The van der Waals surface area contributed by atoms with E-state index in [9.17, 15) is 9.59 Å². The Morgan fingerprint density at radius 1 is 1.16 bits per heavy atom. The first-order valence-electron chi connectivity index (χ1n) is 10.7. The molecule has 0 saturated carbocycles. The molecule has 2 atom stereocenters. The summed E-state index contributed by atoms with van der Waals surface area (Å²) in [7, 11) is 5.29. The van der Waals surface area contributed by atoms with E-state index in [0.717, 1.165) is 31.4 Å². The Hall–Kier alpha value is -2.41. The summed E-state index contributed by atoms with van der Waals surface area (Å²) in [5, 5.41) is 18.9. The lowest BCUT2D eigenvalue weighted by atomic mass is 10.2. The zero-order valence-electron chi connectivity index (χ0n) is 18.3. The van der Waals surface area contributed by atoms with Gasteiger partial charge in [0.25, 0.3) is 6.33 Å². The van der Waals surface area contributed by atoms with E-state index in [1.807, 2.05) is 27.6 Å². The smallest absolute Gasteiger partial charge is 0.338 e. The van der Waals surface area contributed by atoms with Crippen molar-refractivity contribution >= 4 is 33.7 Å². The third-order valence-electron chi connectivity index (χ3n) is 5.49. The van der Waals surface area contributed by atoms with E-state index in [4.69, 9.17) is 0 Å². The number of aromatic nitrogens is 6. The molecule has 0 aromatic carbocycles. The first-order valence-corrected chi connectivity index (χ1v) is 13.1. The highest BCUT2D eigenvalue weighted by molar-refractivity contribution is 8.77. The number of nitrogens with zero attached hydrogens (tertiary/aromatic N) is 8. The molecule has 2 saturated heterocycles. The number of urea groups is 1. The van der Waals surface area contributed by atoms with Gasteiger partial charge in [0.15, 0.2) is 11.6 Å². The molecule has 2 aliphatic rings. The second-order valence-electron chi connectivity index (χ2n) is 7.90. The summed E-state index contributed by atoms with van der Waals surface area (Å²) in [6, 6.07) is -0.0714. The van der Waals surface area contributed by atoms with Crippen LogP contribution in [-0.2, 0) is 13.5 Å². The first-order chi connectivity index (χ1) is 15.5. The maximum atomic E-state index is 12.9. The SMILES string of the molecule is Cc1nnc(CCCCCNC(=O)N2CCN(C(=O)n3cc[n+](C)c3)[C@@H]3CSSC32)nn1. The van der Waals surface area contributed by atoms with Crippen LogP contribution in [0.2, 0.25) is 0 Å². The number of piperazine rings is 1. The third-order valence-corrected chi connectivity index (χ3v) is 8.28. The molecule has 0 bridgehead atoms. The Morgan fingerprint density at radius 3 is 2.69 bits per heavy atom. The molecule has 2 aliphatic heterocycles. The summed E-state index contributed by atoms with van der Waals surface area (Å²) >= 11 is 0. The molecular weight excluding hydrogens is 450 g/mol. The summed E-state index contributed by atoms with van der Waals surface area (Å²) < 4.78 is 3.45. The van der Waals surface area contributed by atoms with E-state index in [-0.39, 0.29) is 23.5 Å². The lowest BCUT2D eigenvalue weighted by molar-refractivity contribution is -0.670. The van der Waals surface area contributed by atoms with E-state index < -0.39 is 0 Å². The molecule has 0 aliphatic carbocycles. The molecule has 2 aromatic heterocycles. The van der Waals surface area contributed by atoms with Gasteiger partial charge in [0.05, 0.1) is 13.1 Å². The molecule has 4 heterocycles. The molecular formula is C19H28N9O2S2+. The predicted molar refractivity (Wildman–Crippen MR) is 121 cm³/mol. The second kappa shape index (κ2) is 10.5. The minimum Gasteiger partial charge on any atom is -0.338 e. The molecule has 1 unspecified atom stereocenters. The molecule has 172 valence electrons. The summed E-state index contributed by atoms with van der Waals surface area (Å²) in [6.45, 7) is 3.45. The summed E-state index contributed by atoms with van der Waals surface area (Å²) in [5.41, 5.74) is 0. The normalized spacial score (nSPS) is 20.3. The number of aryl methyl sites for hydroxylation is 3. The van der Waals surface area contributed by atoms with Crippen LogP contribution in [0.15, 0.2) is 18.7 Å². The fourth-order valence-electron chi connectivity index (χ4n) is 3.79. The van der Waals surface area contributed by atoms with E-state index in [1.165, 1.54) is 0 Å². The quantitative estimate of drug-likeness (QED) is 0.372. The first kappa shape index (κ1) is 22.8. The van der Waals surface area contributed by atoms with Crippen molar-refractivity contribution in [1.29, 1.82) is 0 Å². The van der Waals surface area contributed by atoms with E-state index >= 15 is 0 Å². The fourth-order valence-corrected chi connectivity index (χ4v) is 7.07. The molecule has 2 fully saturated rings. The molecule has 11 nitrogen and oxygen atoms in total. The van der Waals surface area contributed by atoms with Gasteiger partial charge in [-0.1, -0.05) is 28.0 Å². The lowest BCUT2D eigenvalue weighted by Gasteiger charge is -2.42. The molecule has 2 aromatic rings. The molecule has 32 heavy (non-hydrogen) atoms. The van der Waals surface area contributed by atoms with Crippen molar-refractivity contribution in [3.63, 3.8) is 0 Å². The Kier molecular flexibility index (Phi) is 7.45. The Balaban J connectivity index is 1.21. The average molecular weight is 479 g/mol. The molecule has 13 heteroatoms. The number of amides is 3. The van der Waals surface area contributed by atoms with Crippen LogP contribution in [0.3, 0.4) is 0 Å². The van der Waals surface area contributed by atoms with Crippen LogP contribution >= 0.6 is 21.6 Å². The topological polar surface area (TPSA) is 113 Å². The van der Waals surface area contributed by atoms with Crippen LogP contribution in [0.25, 0.3) is 0 Å². The molecule has 1 N–H and O–H groups in total. The van der Waals surface area contributed by atoms with Crippen molar-refractivity contribution in [3.8, 4) is 0 Å². The van der Waals surface area contributed by atoms with E-state index in [2.05, 4.69) is 25.7 Å². The van der Waals surface area contributed by atoms with Crippen LogP contribution in [0.5, 0.6) is 0 Å². The largest absolute Gasteiger partial charge is 0.416 e. The fraction of sp³-hybridized carbons (Fsp3) is 0.632. The van der Waals surface area contributed by atoms with Gasteiger partial charge in [0.1, 0.15) is 17.8 Å². The van der Waals surface area contributed by atoms with Crippen LogP contribution in [0.4, 0.5) is 9.59 Å². The number of carbonyl (C=O) groups is 2. The van der Waals surface area contributed by atoms with Gasteiger partial charge in [-0.2, -0.15) is 4.57 Å². The number of hydrogen-bond donors (Lipinski definition) is 1. The van der Waals surface area contributed by atoms with E-state index in [0.29, 0.717) is 31.3 Å². The highest BCUT2D eigenvalue weighted by Crippen LogP contribution is 2.43. The third kappa shape index (κ3) is 5.31. The van der Waals surface area contributed by atoms with Gasteiger partial charge in [-0.15, -0.1) is 20.4 Å². The predicted octanol–water partition coefficient (Wildman–Crippen LogP) is 0.999. The molecule has 3 amide bonds. The van der Waals surface area contributed by atoms with Crippen molar-refractivity contribution in [2.45, 2.75) is 44.0 Å². The maximum absolute atomic E-state index is 12.9. The summed E-state index contributed by atoms with van der Waals surface area (Å²) in [6.07, 6.45) is 8.90. The number of carbonyl (C=O) groups excluding carboxylic acids is 2. The molecule has 4 rings (SSSR count). The highest BCUT2D eigenvalue weighted by Gasteiger charge is 2.46. The van der Waals surface area contributed by atoms with Crippen molar-refractivity contribution < 1.29 is 14.2 Å². The van der Waals surface area contributed by atoms with Gasteiger partial charge in [0.2, 0.25) is 0 Å². The maximum Gasteiger partial charge on any atom is 0.416 e. The minimum atomic E-state index is -0.0512. The standard InChI is InChI=1S/C19H27N9O2S2/c1-14-21-23-16(24-22-14)6-4-3-5-7-20-18(29)28-11-10-27(15-12-31-32-17(15)28)19(30)26-9-8-25(2)13-26/h8-9,13,15,17H,3-7,10-12H2,1-2H3/p+1/t15-,17?/m1/s1. The number of rotatable bonds is 6. The van der Waals surface area contributed by atoms with Gasteiger partial charge in [0, 0.05) is 31.8 Å². The summed E-state index contributed by atoms with van der Waals surface area (Å²) in [4.78, 5) is 29.5. The van der Waals surface area contributed by atoms with Gasteiger partial charge < -0.3 is 10.2 Å². The highest BCUT2D eigenvalue weighted by atomic mass is 33.1. The van der Waals surface area contributed by atoms with Gasteiger partial charge in [-0.25, -0.2) is 14.2 Å². The van der Waals surface area contributed by atoms with Crippen LogP contribution in [-0.4, -0.2) is 83.6 Å². The monoisotopic (exact) mass is 478 g/mol. The lowest BCUT2D eigenvalue weighted by Crippen LogP contribution is -2.62. The summed E-state index contributed by atoms with van der Waals surface area (Å²) in [5.74, 6) is 2.05. The van der Waals surface area contributed by atoms with Crippen molar-refractivity contribution in [1.82, 2.24) is 40.1 Å². The van der Waals surface area contributed by atoms with Crippen molar-refractivity contribution in [3.05, 3.63) is 30.4 Å². The van der Waals surface area contributed by atoms with E-state index in [1.54, 1.807) is 45.6 Å². The Bertz CT molecular complexity index is 939. The van der Waals surface area contributed by atoms with Crippen molar-refractivity contribution in [2.75, 3.05) is 25.4 Å². The molecule has 0 radical (unpaired) electrons. The Labute approximate surface area is 194 Å².